The van der Waals surface area contributed by atoms with Crippen LogP contribution in [0, 0.1) is 6.92 Å². The summed E-state index contributed by atoms with van der Waals surface area (Å²) < 4.78 is 5.41. The lowest BCUT2D eigenvalue weighted by atomic mass is 9.88. The molecule has 2 nitrogen and oxygen atoms in total. The fourth-order valence-corrected chi connectivity index (χ4v) is 3.17. The van der Waals surface area contributed by atoms with E-state index < -0.39 is 0 Å². The van der Waals surface area contributed by atoms with Gasteiger partial charge < -0.3 is 10.5 Å². The summed E-state index contributed by atoms with van der Waals surface area (Å²) in [6.45, 7) is 2.05. The lowest BCUT2D eigenvalue weighted by Gasteiger charge is -2.20. The van der Waals surface area contributed by atoms with Crippen molar-refractivity contribution in [2.75, 3.05) is 7.11 Å². The van der Waals surface area contributed by atoms with Crippen LogP contribution in [0.5, 0.6) is 5.75 Å². The van der Waals surface area contributed by atoms with Gasteiger partial charge in [-0.2, -0.15) is 0 Å². The summed E-state index contributed by atoms with van der Waals surface area (Å²) >= 11 is 0. The van der Waals surface area contributed by atoms with Crippen LogP contribution in [0.4, 0.5) is 0 Å². The average Bonchev–Trinajstić information content (AvgIpc) is 2.54. The molecule has 2 aromatic rings. The summed E-state index contributed by atoms with van der Waals surface area (Å²) in [4.78, 5) is 0. The van der Waals surface area contributed by atoms with E-state index in [9.17, 15) is 0 Å². The molecule has 0 bridgehead atoms. The van der Waals surface area contributed by atoms with Crippen LogP contribution < -0.4 is 10.5 Å². The van der Waals surface area contributed by atoms with E-state index in [2.05, 4.69) is 36.4 Å². The summed E-state index contributed by atoms with van der Waals surface area (Å²) in [6, 6.07) is 12.9. The maximum Gasteiger partial charge on any atom is 0.122 e. The zero-order valence-electron chi connectivity index (χ0n) is 12.9. The molecule has 0 aliphatic heterocycles. The first-order valence-corrected chi connectivity index (χ1v) is 7.71. The molecule has 1 aliphatic rings. The van der Waals surface area contributed by atoms with Crippen LogP contribution in [0.25, 0.3) is 0 Å². The van der Waals surface area contributed by atoms with Crippen LogP contribution in [0.1, 0.15) is 46.7 Å². The Kier molecular flexibility index (Phi) is 3.98. The maximum atomic E-state index is 6.47. The molecule has 3 rings (SSSR count). The van der Waals surface area contributed by atoms with Crippen molar-refractivity contribution >= 4 is 0 Å². The van der Waals surface area contributed by atoms with Crippen molar-refractivity contribution in [3.05, 3.63) is 64.2 Å². The first-order chi connectivity index (χ1) is 10.2. The lowest BCUT2D eigenvalue weighted by Crippen LogP contribution is -2.13. The third-order valence-electron chi connectivity index (χ3n) is 4.52. The van der Waals surface area contributed by atoms with Crippen LogP contribution in [0.2, 0.25) is 0 Å². The Labute approximate surface area is 126 Å². The van der Waals surface area contributed by atoms with E-state index in [4.69, 9.17) is 10.5 Å². The van der Waals surface area contributed by atoms with Crippen molar-refractivity contribution < 1.29 is 4.74 Å². The topological polar surface area (TPSA) is 35.2 Å². The molecule has 0 amide bonds. The van der Waals surface area contributed by atoms with Crippen LogP contribution in [0.3, 0.4) is 0 Å². The zero-order chi connectivity index (χ0) is 14.8. The van der Waals surface area contributed by atoms with Gasteiger partial charge >= 0.3 is 0 Å². The summed E-state index contributed by atoms with van der Waals surface area (Å²) in [7, 11) is 1.70. The fourth-order valence-electron chi connectivity index (χ4n) is 3.17. The molecule has 0 saturated heterocycles. The van der Waals surface area contributed by atoms with Gasteiger partial charge in [0.25, 0.3) is 0 Å². The highest BCUT2D eigenvalue weighted by Gasteiger charge is 2.15. The van der Waals surface area contributed by atoms with Crippen molar-refractivity contribution in [2.45, 2.75) is 38.6 Å². The number of hydrogen-bond donors (Lipinski definition) is 1. The molecule has 0 spiro atoms. The minimum atomic E-state index is -0.0910. The van der Waals surface area contributed by atoms with E-state index >= 15 is 0 Å². The SMILES string of the molecule is COc1cc(C(N)c2ccc3c(c2)CCCC3)ccc1C. The number of aryl methyl sites for hydroxylation is 3. The molecule has 2 heteroatoms. The molecule has 0 fully saturated rings. The third-order valence-corrected chi connectivity index (χ3v) is 4.52. The lowest BCUT2D eigenvalue weighted by molar-refractivity contribution is 0.411. The van der Waals surface area contributed by atoms with E-state index in [-0.39, 0.29) is 6.04 Å². The first kappa shape index (κ1) is 14.2. The van der Waals surface area contributed by atoms with Crippen molar-refractivity contribution in [3.63, 3.8) is 0 Å². The number of nitrogens with two attached hydrogens (primary N) is 1. The van der Waals surface area contributed by atoms with E-state index in [1.54, 1.807) is 7.11 Å². The maximum absolute atomic E-state index is 6.47. The van der Waals surface area contributed by atoms with E-state index in [0.717, 1.165) is 16.9 Å². The normalized spacial score (nSPS) is 15.4. The van der Waals surface area contributed by atoms with Crippen molar-refractivity contribution in [1.29, 1.82) is 0 Å². The first-order valence-electron chi connectivity index (χ1n) is 7.71. The standard InChI is InChI=1S/C19H23NO/c1-13-7-8-17(12-18(13)21-2)19(20)16-10-9-14-5-3-4-6-15(14)11-16/h7-12,19H,3-6,20H2,1-2H3. The molecule has 0 radical (unpaired) electrons. The Morgan fingerprint density at radius 3 is 2.38 bits per heavy atom. The van der Waals surface area contributed by atoms with Crippen LogP contribution >= 0.6 is 0 Å². The number of benzene rings is 2. The molecule has 2 aromatic carbocycles. The van der Waals surface area contributed by atoms with E-state index in [1.165, 1.54) is 42.4 Å². The summed E-state index contributed by atoms with van der Waals surface area (Å²) in [6.07, 6.45) is 5.01. The van der Waals surface area contributed by atoms with Gasteiger partial charge in [-0.25, -0.2) is 0 Å². The Morgan fingerprint density at radius 2 is 1.62 bits per heavy atom. The second-order valence-corrected chi connectivity index (χ2v) is 5.94. The number of ether oxygens (including phenoxy) is 1. The van der Waals surface area contributed by atoms with Gasteiger partial charge in [-0.05, 0) is 66.5 Å². The highest BCUT2D eigenvalue weighted by atomic mass is 16.5. The minimum Gasteiger partial charge on any atom is -0.496 e. The fraction of sp³-hybridized carbons (Fsp3) is 0.368. The third kappa shape index (κ3) is 2.81. The summed E-state index contributed by atoms with van der Waals surface area (Å²) in [5, 5.41) is 0. The van der Waals surface area contributed by atoms with Gasteiger partial charge in [0.15, 0.2) is 0 Å². The molecule has 0 saturated carbocycles. The van der Waals surface area contributed by atoms with Crippen molar-refractivity contribution in [1.82, 2.24) is 0 Å². The second kappa shape index (κ2) is 5.90. The molecule has 110 valence electrons. The van der Waals surface area contributed by atoms with Gasteiger partial charge in [-0.1, -0.05) is 30.3 Å². The number of hydrogen-bond acceptors (Lipinski definition) is 2. The van der Waals surface area contributed by atoms with E-state index in [1.807, 2.05) is 6.92 Å². The van der Waals surface area contributed by atoms with Gasteiger partial charge in [0, 0.05) is 0 Å². The van der Waals surface area contributed by atoms with Crippen LogP contribution in [-0.2, 0) is 12.8 Å². The quantitative estimate of drug-likeness (QED) is 0.925. The predicted molar refractivity (Wildman–Crippen MR) is 86.8 cm³/mol. The number of rotatable bonds is 3. The highest BCUT2D eigenvalue weighted by Crippen LogP contribution is 2.29. The monoisotopic (exact) mass is 281 g/mol. The summed E-state index contributed by atoms with van der Waals surface area (Å²) in [5.41, 5.74) is 12.9. The Balaban J connectivity index is 1.92. The minimum absolute atomic E-state index is 0.0910. The Hall–Kier alpha value is -1.80. The second-order valence-electron chi connectivity index (χ2n) is 5.94. The molecule has 2 N–H and O–H groups in total. The predicted octanol–water partition coefficient (Wildman–Crippen LogP) is 3.93. The Bertz CT molecular complexity index is 648. The average molecular weight is 281 g/mol. The zero-order valence-corrected chi connectivity index (χ0v) is 12.9. The molecule has 1 unspecified atom stereocenters. The smallest absolute Gasteiger partial charge is 0.122 e. The molecule has 21 heavy (non-hydrogen) atoms. The number of fused-ring (bicyclic) bond motifs is 1. The van der Waals surface area contributed by atoms with Crippen LogP contribution in [0.15, 0.2) is 36.4 Å². The van der Waals surface area contributed by atoms with Gasteiger partial charge in [0.2, 0.25) is 0 Å². The van der Waals surface area contributed by atoms with Gasteiger partial charge in [0.1, 0.15) is 5.75 Å². The van der Waals surface area contributed by atoms with Gasteiger partial charge in [-0.3, -0.25) is 0 Å². The van der Waals surface area contributed by atoms with Gasteiger partial charge in [0.05, 0.1) is 13.2 Å². The van der Waals surface area contributed by atoms with Gasteiger partial charge in [-0.15, -0.1) is 0 Å². The van der Waals surface area contributed by atoms with Crippen LogP contribution in [-0.4, -0.2) is 7.11 Å². The molecular weight excluding hydrogens is 258 g/mol. The van der Waals surface area contributed by atoms with E-state index in [0.29, 0.717) is 0 Å². The summed E-state index contributed by atoms with van der Waals surface area (Å²) in [5.74, 6) is 0.904. The molecule has 1 atom stereocenters. The Morgan fingerprint density at radius 1 is 0.952 bits per heavy atom. The molecule has 0 heterocycles. The van der Waals surface area contributed by atoms with Crippen molar-refractivity contribution in [2.24, 2.45) is 5.73 Å². The number of methoxy groups -OCH3 is 1. The molecular formula is C19H23NO. The molecule has 1 aliphatic carbocycles. The highest BCUT2D eigenvalue weighted by molar-refractivity contribution is 5.43. The largest absolute Gasteiger partial charge is 0.496 e. The van der Waals surface area contributed by atoms with Crippen molar-refractivity contribution in [3.8, 4) is 5.75 Å². The molecule has 0 aromatic heterocycles.